The number of unbranched alkanes of at least 4 members (excludes halogenated alkanes) is 3. The van der Waals surface area contributed by atoms with E-state index in [-0.39, 0.29) is 0 Å². The maximum absolute atomic E-state index is 5.89. The van der Waals surface area contributed by atoms with Crippen LogP contribution in [-0.2, 0) is 0 Å². The van der Waals surface area contributed by atoms with Crippen LogP contribution in [0.15, 0.2) is 12.7 Å². The molecule has 112 valence electrons. The van der Waals surface area contributed by atoms with Gasteiger partial charge in [-0.1, -0.05) is 45.6 Å². The van der Waals surface area contributed by atoms with Crippen molar-refractivity contribution in [3.05, 3.63) is 12.7 Å². The highest BCUT2D eigenvalue weighted by atomic mass is 15.2. The molecule has 1 aliphatic carbocycles. The van der Waals surface area contributed by atoms with Gasteiger partial charge in [-0.25, -0.2) is 0 Å². The quantitative estimate of drug-likeness (QED) is 0.263. The molecule has 3 N–H and O–H groups in total. The molecule has 0 saturated heterocycles. The first-order valence-electron chi connectivity index (χ1n) is 8.21. The molecule has 1 unspecified atom stereocenters. The zero-order valence-corrected chi connectivity index (χ0v) is 13.1. The third kappa shape index (κ3) is 5.27. The number of nitrogens with one attached hydrogen (secondary N) is 1. The second-order valence-corrected chi connectivity index (χ2v) is 6.81. The molecule has 1 atom stereocenters. The van der Waals surface area contributed by atoms with Gasteiger partial charge in [0.25, 0.3) is 0 Å². The lowest BCUT2D eigenvalue weighted by Crippen LogP contribution is -2.48. The van der Waals surface area contributed by atoms with Crippen LogP contribution in [-0.4, -0.2) is 6.04 Å². The molecular weight excluding hydrogens is 232 g/mol. The SMILES string of the molecule is C=CCCCCCC(NN)C1(CC(C)C)CCCC1. The molecule has 0 radical (unpaired) electrons. The van der Waals surface area contributed by atoms with Crippen molar-refractivity contribution >= 4 is 0 Å². The topological polar surface area (TPSA) is 38.0 Å². The van der Waals surface area contributed by atoms with Gasteiger partial charge in [0, 0.05) is 6.04 Å². The van der Waals surface area contributed by atoms with E-state index >= 15 is 0 Å². The first-order valence-corrected chi connectivity index (χ1v) is 8.21. The average Bonchev–Trinajstić information content (AvgIpc) is 2.82. The van der Waals surface area contributed by atoms with Crippen LogP contribution in [0, 0.1) is 11.3 Å². The summed E-state index contributed by atoms with van der Waals surface area (Å²) in [6.07, 6.45) is 15.1. The van der Waals surface area contributed by atoms with Gasteiger partial charge in [-0.15, -0.1) is 6.58 Å². The van der Waals surface area contributed by atoms with E-state index in [9.17, 15) is 0 Å². The summed E-state index contributed by atoms with van der Waals surface area (Å²) in [5, 5.41) is 0. The summed E-state index contributed by atoms with van der Waals surface area (Å²) < 4.78 is 0. The predicted octanol–water partition coefficient (Wildman–Crippen LogP) is 4.56. The lowest BCUT2D eigenvalue weighted by Gasteiger charge is -2.39. The number of hydrogen-bond donors (Lipinski definition) is 2. The van der Waals surface area contributed by atoms with Gasteiger partial charge in [0.15, 0.2) is 0 Å². The third-order valence-corrected chi connectivity index (χ3v) is 4.76. The fraction of sp³-hybridized carbons (Fsp3) is 0.882. The van der Waals surface area contributed by atoms with Crippen molar-refractivity contribution in [1.29, 1.82) is 0 Å². The minimum absolute atomic E-state index is 0.474. The van der Waals surface area contributed by atoms with Crippen molar-refractivity contribution in [3.8, 4) is 0 Å². The summed E-state index contributed by atoms with van der Waals surface area (Å²) in [5.74, 6) is 6.66. The lowest BCUT2D eigenvalue weighted by atomic mass is 9.71. The van der Waals surface area contributed by atoms with Gasteiger partial charge in [-0.3, -0.25) is 11.3 Å². The van der Waals surface area contributed by atoms with Crippen LogP contribution in [0.2, 0.25) is 0 Å². The Morgan fingerprint density at radius 2 is 1.89 bits per heavy atom. The van der Waals surface area contributed by atoms with Crippen molar-refractivity contribution in [3.63, 3.8) is 0 Å². The van der Waals surface area contributed by atoms with Crippen LogP contribution in [0.4, 0.5) is 0 Å². The van der Waals surface area contributed by atoms with Crippen molar-refractivity contribution in [2.24, 2.45) is 17.2 Å². The van der Waals surface area contributed by atoms with E-state index in [0.717, 1.165) is 12.3 Å². The van der Waals surface area contributed by atoms with E-state index in [0.29, 0.717) is 11.5 Å². The Hall–Kier alpha value is -0.340. The second-order valence-electron chi connectivity index (χ2n) is 6.81. The molecular formula is C17H34N2. The van der Waals surface area contributed by atoms with Crippen molar-refractivity contribution in [1.82, 2.24) is 5.43 Å². The van der Waals surface area contributed by atoms with E-state index < -0.39 is 0 Å². The minimum atomic E-state index is 0.474. The molecule has 0 spiro atoms. The summed E-state index contributed by atoms with van der Waals surface area (Å²) in [6, 6.07) is 0.515. The maximum atomic E-state index is 5.89. The predicted molar refractivity (Wildman–Crippen MR) is 84.7 cm³/mol. The monoisotopic (exact) mass is 266 g/mol. The van der Waals surface area contributed by atoms with Gasteiger partial charge in [0.1, 0.15) is 0 Å². The van der Waals surface area contributed by atoms with Crippen LogP contribution in [0.1, 0.15) is 78.1 Å². The third-order valence-electron chi connectivity index (χ3n) is 4.76. The Bertz CT molecular complexity index is 242. The molecule has 0 aromatic rings. The zero-order chi connectivity index (χ0) is 14.1. The van der Waals surface area contributed by atoms with Crippen LogP contribution >= 0.6 is 0 Å². The number of allylic oxidation sites excluding steroid dienone is 1. The van der Waals surface area contributed by atoms with Gasteiger partial charge in [0.05, 0.1) is 0 Å². The Balaban J connectivity index is 2.46. The molecule has 1 aliphatic rings. The molecule has 0 amide bonds. The Morgan fingerprint density at radius 1 is 1.21 bits per heavy atom. The standard InChI is InChI=1S/C17H34N2/c1-4-5-6-7-8-11-16(19-18)17(14-15(2)3)12-9-10-13-17/h4,15-16,19H,1,5-14,18H2,2-3H3. The second kappa shape index (κ2) is 8.76. The van der Waals surface area contributed by atoms with Gasteiger partial charge in [-0.2, -0.15) is 0 Å². The highest BCUT2D eigenvalue weighted by Gasteiger charge is 2.40. The molecule has 0 aromatic heterocycles. The normalized spacial score (nSPS) is 19.8. The van der Waals surface area contributed by atoms with Gasteiger partial charge >= 0.3 is 0 Å². The van der Waals surface area contributed by atoms with E-state index in [2.05, 4.69) is 25.9 Å². The minimum Gasteiger partial charge on any atom is -0.271 e. The van der Waals surface area contributed by atoms with Gasteiger partial charge < -0.3 is 0 Å². The summed E-state index contributed by atoms with van der Waals surface area (Å²) in [7, 11) is 0. The molecule has 1 saturated carbocycles. The highest BCUT2D eigenvalue weighted by molar-refractivity contribution is 4.94. The molecule has 19 heavy (non-hydrogen) atoms. The van der Waals surface area contributed by atoms with E-state index in [1.165, 1.54) is 57.8 Å². The molecule has 1 rings (SSSR count). The van der Waals surface area contributed by atoms with Crippen molar-refractivity contribution < 1.29 is 0 Å². The molecule has 0 bridgehead atoms. The summed E-state index contributed by atoms with van der Waals surface area (Å²) in [6.45, 7) is 8.47. The first-order chi connectivity index (χ1) is 9.14. The van der Waals surface area contributed by atoms with E-state index in [1.807, 2.05) is 6.08 Å². The number of nitrogens with two attached hydrogens (primary N) is 1. The number of hydrazine groups is 1. The summed E-state index contributed by atoms with van der Waals surface area (Å²) in [5.41, 5.74) is 3.63. The molecule has 2 nitrogen and oxygen atoms in total. The average molecular weight is 266 g/mol. The van der Waals surface area contributed by atoms with Crippen LogP contribution < -0.4 is 11.3 Å². The van der Waals surface area contributed by atoms with Crippen molar-refractivity contribution in [2.75, 3.05) is 0 Å². The Morgan fingerprint density at radius 3 is 2.42 bits per heavy atom. The van der Waals surface area contributed by atoms with Crippen LogP contribution in [0.5, 0.6) is 0 Å². The largest absolute Gasteiger partial charge is 0.271 e. The molecule has 1 fully saturated rings. The van der Waals surface area contributed by atoms with Crippen LogP contribution in [0.25, 0.3) is 0 Å². The van der Waals surface area contributed by atoms with Gasteiger partial charge in [0.2, 0.25) is 0 Å². The Kier molecular flexibility index (Phi) is 7.70. The molecule has 0 aromatic carbocycles. The summed E-state index contributed by atoms with van der Waals surface area (Å²) in [4.78, 5) is 0. The highest BCUT2D eigenvalue weighted by Crippen LogP contribution is 2.47. The van der Waals surface area contributed by atoms with E-state index in [1.54, 1.807) is 0 Å². The zero-order valence-electron chi connectivity index (χ0n) is 13.1. The molecule has 0 aliphatic heterocycles. The number of hydrogen-bond acceptors (Lipinski definition) is 2. The van der Waals surface area contributed by atoms with Crippen LogP contribution in [0.3, 0.4) is 0 Å². The smallest absolute Gasteiger partial charge is 0.0267 e. The summed E-state index contributed by atoms with van der Waals surface area (Å²) >= 11 is 0. The fourth-order valence-electron chi connectivity index (χ4n) is 3.97. The maximum Gasteiger partial charge on any atom is 0.0267 e. The first kappa shape index (κ1) is 16.7. The molecule has 2 heteroatoms. The molecule has 0 heterocycles. The van der Waals surface area contributed by atoms with Gasteiger partial charge in [-0.05, 0) is 49.9 Å². The number of rotatable bonds is 10. The lowest BCUT2D eigenvalue weighted by molar-refractivity contribution is 0.145. The Labute approximate surface area is 120 Å². The van der Waals surface area contributed by atoms with E-state index in [4.69, 9.17) is 5.84 Å². The fourth-order valence-corrected chi connectivity index (χ4v) is 3.97. The van der Waals surface area contributed by atoms with Crippen molar-refractivity contribution in [2.45, 2.75) is 84.1 Å².